The van der Waals surface area contributed by atoms with Gasteiger partial charge in [0.25, 0.3) is 0 Å². The van der Waals surface area contributed by atoms with Gasteiger partial charge in [-0.15, -0.1) is 0 Å². The van der Waals surface area contributed by atoms with Gasteiger partial charge in [-0.05, 0) is 65.9 Å². The van der Waals surface area contributed by atoms with Gasteiger partial charge in [0.05, 0.1) is 0 Å². The molecule has 1 unspecified atom stereocenters. The molecule has 1 atom stereocenters. The van der Waals surface area contributed by atoms with Gasteiger partial charge in [0.15, 0.2) is 5.78 Å². The Kier molecular flexibility index (Phi) is 6.23. The number of carbonyl (C=O) groups is 1. The molecule has 182 valence electrons. The predicted molar refractivity (Wildman–Crippen MR) is 145 cm³/mol. The highest BCUT2D eigenvalue weighted by Crippen LogP contribution is 2.51. The van der Waals surface area contributed by atoms with Crippen molar-refractivity contribution in [2.45, 2.75) is 32.6 Å². The Bertz CT molecular complexity index is 1430. The number of hydrogen-bond donors (Lipinski definition) is 2. The number of hydrogen-bond acceptors (Lipinski definition) is 4. The minimum Gasteiger partial charge on any atom is -0.507 e. The first-order valence-electron chi connectivity index (χ1n) is 11.7. The number of nitrogens with one attached hydrogen (secondary N) is 1. The van der Waals surface area contributed by atoms with Crippen molar-refractivity contribution in [1.82, 2.24) is 4.98 Å². The predicted octanol–water partition coefficient (Wildman–Crippen LogP) is 7.58. The highest BCUT2D eigenvalue weighted by molar-refractivity contribution is 6.31. The Balaban J connectivity index is 1.85. The van der Waals surface area contributed by atoms with E-state index >= 15 is 0 Å². The van der Waals surface area contributed by atoms with Crippen molar-refractivity contribution in [3.8, 4) is 0 Å². The molecular formula is C29H25Cl2N3O2. The van der Waals surface area contributed by atoms with Crippen LogP contribution in [-0.2, 0) is 4.79 Å². The summed E-state index contributed by atoms with van der Waals surface area (Å²) in [5, 5.41) is 22.1. The molecule has 2 heterocycles. The van der Waals surface area contributed by atoms with Crippen molar-refractivity contribution < 1.29 is 9.90 Å². The standard InChI is InChI=1S/C29H25Cl2N3O2/c1-29(2)14-22-25(23(35)15-29)24(18-5-4-12-33-16-18)26(27(36)17-8-10-19(30)11-9-17)28(32)34(22)21-7-3-6-20(31)13-21/h3-13,16,24,32,36H,14-15H2,1-2H3/b27-26+,32-28?. The topological polar surface area (TPSA) is 77.3 Å². The number of aromatic nitrogens is 1. The number of aliphatic hydroxyl groups is 1. The lowest BCUT2D eigenvalue weighted by molar-refractivity contribution is -0.118. The Hall–Kier alpha value is -3.41. The smallest absolute Gasteiger partial charge is 0.162 e. The number of rotatable bonds is 3. The van der Waals surface area contributed by atoms with Gasteiger partial charge < -0.3 is 5.11 Å². The number of carbonyl (C=O) groups excluding carboxylic acids is 1. The first-order chi connectivity index (χ1) is 17.2. The monoisotopic (exact) mass is 517 g/mol. The quantitative estimate of drug-likeness (QED) is 0.351. The van der Waals surface area contributed by atoms with Crippen LogP contribution in [0.3, 0.4) is 0 Å². The van der Waals surface area contributed by atoms with E-state index in [1.165, 1.54) is 0 Å². The summed E-state index contributed by atoms with van der Waals surface area (Å²) in [6.07, 6.45) is 4.32. The van der Waals surface area contributed by atoms with Gasteiger partial charge in [-0.3, -0.25) is 20.1 Å². The molecule has 1 aliphatic carbocycles. The number of ketones is 1. The molecule has 3 aromatic rings. The first-order valence-corrected chi connectivity index (χ1v) is 12.4. The van der Waals surface area contributed by atoms with Crippen LogP contribution in [0.4, 0.5) is 5.69 Å². The largest absolute Gasteiger partial charge is 0.507 e. The van der Waals surface area contributed by atoms with E-state index in [2.05, 4.69) is 18.8 Å². The zero-order valence-electron chi connectivity index (χ0n) is 19.9. The van der Waals surface area contributed by atoms with Crippen LogP contribution in [0.25, 0.3) is 5.76 Å². The average Bonchev–Trinajstić information content (AvgIpc) is 2.83. The van der Waals surface area contributed by atoms with Crippen LogP contribution in [0, 0.1) is 10.8 Å². The van der Waals surface area contributed by atoms with Crippen LogP contribution in [0.1, 0.15) is 43.7 Å². The van der Waals surface area contributed by atoms with Crippen LogP contribution in [0.2, 0.25) is 10.0 Å². The second-order valence-electron chi connectivity index (χ2n) is 9.95. The first kappa shape index (κ1) is 24.3. The van der Waals surface area contributed by atoms with Crippen LogP contribution >= 0.6 is 23.2 Å². The maximum atomic E-state index is 13.8. The van der Waals surface area contributed by atoms with Gasteiger partial charge in [-0.25, -0.2) is 0 Å². The number of pyridine rings is 1. The molecule has 0 bridgehead atoms. The molecule has 2 aromatic carbocycles. The van der Waals surface area contributed by atoms with E-state index < -0.39 is 5.92 Å². The van der Waals surface area contributed by atoms with Gasteiger partial charge in [-0.2, -0.15) is 0 Å². The van der Waals surface area contributed by atoms with E-state index in [0.29, 0.717) is 45.3 Å². The average molecular weight is 518 g/mol. The second kappa shape index (κ2) is 9.23. The molecule has 0 amide bonds. The SMILES string of the molecule is CC1(C)CC(=O)C2=C(C1)N(c1cccc(Cl)c1)C(=N)/C(=C(/O)c1ccc(Cl)cc1)C2c1cccnc1. The summed E-state index contributed by atoms with van der Waals surface area (Å²) in [4.78, 5) is 19.8. The van der Waals surface area contributed by atoms with Crippen LogP contribution in [0.15, 0.2) is 89.9 Å². The molecule has 0 radical (unpaired) electrons. The fraction of sp³-hybridized carbons (Fsp3) is 0.207. The third-order valence-corrected chi connectivity index (χ3v) is 7.17. The fourth-order valence-corrected chi connectivity index (χ4v) is 5.47. The van der Waals surface area contributed by atoms with Crippen molar-refractivity contribution in [3.05, 3.63) is 111 Å². The van der Waals surface area contributed by atoms with E-state index in [1.54, 1.807) is 59.8 Å². The van der Waals surface area contributed by atoms with Crippen molar-refractivity contribution in [1.29, 1.82) is 5.41 Å². The van der Waals surface area contributed by atoms with Crippen molar-refractivity contribution in [2.24, 2.45) is 5.41 Å². The Labute approximate surface area is 220 Å². The van der Waals surface area contributed by atoms with Gasteiger partial charge in [0.2, 0.25) is 0 Å². The van der Waals surface area contributed by atoms with E-state index in [0.717, 1.165) is 11.3 Å². The molecule has 0 saturated heterocycles. The summed E-state index contributed by atoms with van der Waals surface area (Å²) >= 11 is 12.4. The molecule has 5 nitrogen and oxygen atoms in total. The van der Waals surface area contributed by atoms with Crippen LogP contribution < -0.4 is 4.90 Å². The molecule has 0 spiro atoms. The lowest BCUT2D eigenvalue weighted by atomic mass is 9.67. The molecule has 2 N–H and O–H groups in total. The molecule has 5 rings (SSSR count). The zero-order chi connectivity index (χ0) is 25.6. The third-order valence-electron chi connectivity index (χ3n) is 6.68. The van der Waals surface area contributed by atoms with Gasteiger partial charge >= 0.3 is 0 Å². The van der Waals surface area contributed by atoms with Crippen LogP contribution in [0.5, 0.6) is 0 Å². The maximum absolute atomic E-state index is 13.8. The molecule has 0 saturated carbocycles. The highest BCUT2D eigenvalue weighted by Gasteiger charge is 2.46. The van der Waals surface area contributed by atoms with Crippen molar-refractivity contribution in [3.63, 3.8) is 0 Å². The summed E-state index contributed by atoms with van der Waals surface area (Å²) in [6.45, 7) is 4.12. The zero-order valence-corrected chi connectivity index (χ0v) is 21.4. The molecule has 2 aliphatic rings. The summed E-state index contributed by atoms with van der Waals surface area (Å²) in [7, 11) is 0. The summed E-state index contributed by atoms with van der Waals surface area (Å²) < 4.78 is 0. The number of allylic oxidation sites excluding steroid dienone is 2. The number of aliphatic hydroxyl groups excluding tert-OH is 1. The minimum atomic E-state index is -0.643. The maximum Gasteiger partial charge on any atom is 0.162 e. The highest BCUT2D eigenvalue weighted by atomic mass is 35.5. The minimum absolute atomic E-state index is 0.00367. The molecular weight excluding hydrogens is 493 g/mol. The summed E-state index contributed by atoms with van der Waals surface area (Å²) in [5.41, 5.74) is 3.29. The van der Waals surface area contributed by atoms with Crippen molar-refractivity contribution >= 4 is 46.3 Å². The Morgan fingerprint density at radius 2 is 1.81 bits per heavy atom. The number of amidine groups is 1. The Morgan fingerprint density at radius 3 is 2.47 bits per heavy atom. The van der Waals surface area contributed by atoms with Gasteiger partial charge in [-0.1, -0.05) is 49.2 Å². The third kappa shape index (κ3) is 4.34. The molecule has 1 aromatic heterocycles. The normalized spacial score (nSPS) is 20.9. The number of Topliss-reactive ketones (excluding diaryl/α,β-unsaturated/α-hetero) is 1. The lowest BCUT2D eigenvalue weighted by Crippen LogP contribution is -2.45. The number of anilines is 1. The number of halogens is 2. The second-order valence-corrected chi connectivity index (χ2v) is 10.8. The number of nitrogens with zero attached hydrogens (tertiary/aromatic N) is 2. The van der Waals surface area contributed by atoms with E-state index in [4.69, 9.17) is 23.2 Å². The molecule has 36 heavy (non-hydrogen) atoms. The molecule has 7 heteroatoms. The lowest BCUT2D eigenvalue weighted by Gasteiger charge is -2.45. The molecule has 0 fully saturated rings. The molecule has 1 aliphatic heterocycles. The van der Waals surface area contributed by atoms with E-state index in [1.807, 2.05) is 18.2 Å². The fourth-order valence-electron chi connectivity index (χ4n) is 5.16. The van der Waals surface area contributed by atoms with Crippen LogP contribution in [-0.4, -0.2) is 21.7 Å². The van der Waals surface area contributed by atoms with Gasteiger partial charge in [0.1, 0.15) is 11.6 Å². The van der Waals surface area contributed by atoms with E-state index in [-0.39, 0.29) is 22.8 Å². The number of benzene rings is 2. The summed E-state index contributed by atoms with van der Waals surface area (Å²) in [6, 6.07) is 17.7. The van der Waals surface area contributed by atoms with Gasteiger partial charge in [0, 0.05) is 62.9 Å². The van der Waals surface area contributed by atoms with Crippen molar-refractivity contribution in [2.75, 3.05) is 4.90 Å². The van der Waals surface area contributed by atoms with E-state index in [9.17, 15) is 15.3 Å². The summed E-state index contributed by atoms with van der Waals surface area (Å²) in [5.74, 6) is -0.642. The Morgan fingerprint density at radius 1 is 1.06 bits per heavy atom.